The summed E-state index contributed by atoms with van der Waals surface area (Å²) in [6.45, 7) is 7.15. The summed E-state index contributed by atoms with van der Waals surface area (Å²) in [5, 5.41) is 0.844. The standard InChI is InChI=1S/C20H24N4OS/c1-3-17-14(2)26-19-18(17)20(25)24(13-22-19)16-6-10-23(11-7-16)12-15-4-8-21-9-5-15/h4-5,8-9,13,16H,3,6-7,10-12H2,1-2H3. The van der Waals surface area contributed by atoms with Crippen LogP contribution in [0.15, 0.2) is 35.6 Å². The van der Waals surface area contributed by atoms with Crippen LogP contribution in [0, 0.1) is 6.92 Å². The largest absolute Gasteiger partial charge is 0.299 e. The second-order valence-corrected chi connectivity index (χ2v) is 8.19. The van der Waals surface area contributed by atoms with Crippen molar-refractivity contribution in [3.63, 3.8) is 0 Å². The molecule has 26 heavy (non-hydrogen) atoms. The highest BCUT2D eigenvalue weighted by atomic mass is 32.1. The Morgan fingerprint density at radius 1 is 1.23 bits per heavy atom. The van der Waals surface area contributed by atoms with Crippen LogP contribution in [-0.2, 0) is 13.0 Å². The number of thiophene rings is 1. The van der Waals surface area contributed by atoms with Crippen molar-refractivity contribution < 1.29 is 0 Å². The molecule has 4 heterocycles. The molecule has 3 aromatic rings. The van der Waals surface area contributed by atoms with E-state index in [1.165, 1.54) is 16.0 Å². The lowest BCUT2D eigenvalue weighted by Gasteiger charge is -2.32. The summed E-state index contributed by atoms with van der Waals surface area (Å²) in [6, 6.07) is 4.39. The summed E-state index contributed by atoms with van der Waals surface area (Å²) in [5.74, 6) is 0. The number of aromatic nitrogens is 3. The molecule has 0 aromatic carbocycles. The van der Waals surface area contributed by atoms with Gasteiger partial charge in [-0.3, -0.25) is 19.2 Å². The number of hydrogen-bond acceptors (Lipinski definition) is 5. The number of aryl methyl sites for hydroxylation is 2. The van der Waals surface area contributed by atoms with E-state index in [-0.39, 0.29) is 11.6 Å². The number of nitrogens with zero attached hydrogens (tertiary/aromatic N) is 4. The lowest BCUT2D eigenvalue weighted by molar-refractivity contribution is 0.177. The molecule has 4 rings (SSSR count). The molecule has 1 fully saturated rings. The molecule has 0 unspecified atom stereocenters. The van der Waals surface area contributed by atoms with Crippen molar-refractivity contribution in [2.45, 2.75) is 45.7 Å². The second-order valence-electron chi connectivity index (χ2n) is 6.99. The molecule has 0 atom stereocenters. The number of piperidine rings is 1. The minimum Gasteiger partial charge on any atom is -0.299 e. The van der Waals surface area contributed by atoms with Gasteiger partial charge in [0.2, 0.25) is 0 Å². The minimum absolute atomic E-state index is 0.142. The highest BCUT2D eigenvalue weighted by Crippen LogP contribution is 2.28. The van der Waals surface area contributed by atoms with Crippen LogP contribution in [0.2, 0.25) is 0 Å². The zero-order valence-electron chi connectivity index (χ0n) is 15.3. The van der Waals surface area contributed by atoms with Crippen molar-refractivity contribution in [3.8, 4) is 0 Å². The molecular formula is C20H24N4OS. The fraction of sp³-hybridized carbons (Fsp3) is 0.450. The van der Waals surface area contributed by atoms with Gasteiger partial charge in [0.25, 0.3) is 5.56 Å². The first kappa shape index (κ1) is 17.4. The summed E-state index contributed by atoms with van der Waals surface area (Å²) < 4.78 is 1.89. The molecule has 0 bridgehead atoms. The zero-order valence-corrected chi connectivity index (χ0v) is 16.1. The minimum atomic E-state index is 0.142. The normalized spacial score (nSPS) is 16.4. The summed E-state index contributed by atoms with van der Waals surface area (Å²) in [7, 11) is 0. The van der Waals surface area contributed by atoms with Gasteiger partial charge in [-0.05, 0) is 49.4 Å². The van der Waals surface area contributed by atoms with Gasteiger partial charge in [-0.1, -0.05) is 6.92 Å². The molecular weight excluding hydrogens is 344 g/mol. The number of hydrogen-bond donors (Lipinski definition) is 0. The monoisotopic (exact) mass is 368 g/mol. The molecule has 3 aromatic heterocycles. The molecule has 136 valence electrons. The van der Waals surface area contributed by atoms with Crippen LogP contribution in [0.3, 0.4) is 0 Å². The predicted octanol–water partition coefficient (Wildman–Crippen LogP) is 3.56. The fourth-order valence-corrected chi connectivity index (χ4v) is 5.03. The molecule has 0 radical (unpaired) electrons. The molecule has 5 nitrogen and oxygen atoms in total. The van der Waals surface area contributed by atoms with Crippen LogP contribution in [-0.4, -0.2) is 32.5 Å². The van der Waals surface area contributed by atoms with Crippen molar-refractivity contribution in [1.82, 2.24) is 19.4 Å². The Hall–Kier alpha value is -2.05. The number of rotatable bonds is 4. The van der Waals surface area contributed by atoms with Crippen LogP contribution < -0.4 is 5.56 Å². The van der Waals surface area contributed by atoms with E-state index in [1.807, 2.05) is 17.0 Å². The predicted molar refractivity (Wildman–Crippen MR) is 106 cm³/mol. The molecule has 0 N–H and O–H groups in total. The van der Waals surface area contributed by atoms with E-state index in [1.54, 1.807) is 17.7 Å². The van der Waals surface area contributed by atoms with Crippen molar-refractivity contribution in [1.29, 1.82) is 0 Å². The van der Waals surface area contributed by atoms with E-state index in [2.05, 4.69) is 40.8 Å². The van der Waals surface area contributed by atoms with Gasteiger partial charge in [0.1, 0.15) is 4.83 Å². The Morgan fingerprint density at radius 3 is 2.65 bits per heavy atom. The van der Waals surface area contributed by atoms with Crippen molar-refractivity contribution in [2.75, 3.05) is 13.1 Å². The summed E-state index contributed by atoms with van der Waals surface area (Å²) in [4.78, 5) is 26.3. The number of pyridine rings is 1. The van der Waals surface area contributed by atoms with Crippen LogP contribution in [0.1, 0.15) is 41.8 Å². The smallest absolute Gasteiger partial charge is 0.262 e. The average Bonchev–Trinajstić information content (AvgIpc) is 3.00. The average molecular weight is 369 g/mol. The molecule has 6 heteroatoms. The Kier molecular flexibility index (Phi) is 4.87. The first-order valence-electron chi connectivity index (χ1n) is 9.27. The van der Waals surface area contributed by atoms with E-state index in [0.29, 0.717) is 0 Å². The van der Waals surface area contributed by atoms with Gasteiger partial charge in [-0.25, -0.2) is 4.98 Å². The maximum atomic E-state index is 13.1. The molecule has 0 aliphatic carbocycles. The fourth-order valence-electron chi connectivity index (χ4n) is 3.96. The first-order chi connectivity index (χ1) is 12.7. The SMILES string of the molecule is CCc1c(C)sc2ncn(C3CCN(Cc4ccncc4)CC3)c(=O)c12. The third kappa shape index (κ3) is 3.19. The Labute approximate surface area is 157 Å². The van der Waals surface area contributed by atoms with Gasteiger partial charge in [-0.15, -0.1) is 11.3 Å². The van der Waals surface area contributed by atoms with E-state index < -0.39 is 0 Å². The molecule has 1 aliphatic rings. The highest BCUT2D eigenvalue weighted by molar-refractivity contribution is 7.18. The van der Waals surface area contributed by atoms with Crippen molar-refractivity contribution >= 4 is 21.6 Å². The van der Waals surface area contributed by atoms with Crippen LogP contribution in [0.25, 0.3) is 10.2 Å². The van der Waals surface area contributed by atoms with Crippen LogP contribution >= 0.6 is 11.3 Å². The van der Waals surface area contributed by atoms with Gasteiger partial charge in [0.15, 0.2) is 0 Å². The van der Waals surface area contributed by atoms with E-state index in [4.69, 9.17) is 0 Å². The second kappa shape index (κ2) is 7.29. The van der Waals surface area contributed by atoms with Gasteiger partial charge >= 0.3 is 0 Å². The number of fused-ring (bicyclic) bond motifs is 1. The lowest BCUT2D eigenvalue weighted by Crippen LogP contribution is -2.37. The maximum Gasteiger partial charge on any atom is 0.262 e. The third-order valence-electron chi connectivity index (χ3n) is 5.40. The Bertz CT molecular complexity index is 955. The van der Waals surface area contributed by atoms with E-state index in [0.717, 1.165) is 49.1 Å². The molecule has 0 amide bonds. The van der Waals surface area contributed by atoms with Crippen molar-refractivity contribution in [2.24, 2.45) is 0 Å². The maximum absolute atomic E-state index is 13.1. The van der Waals surface area contributed by atoms with Crippen LogP contribution in [0.5, 0.6) is 0 Å². The Morgan fingerprint density at radius 2 is 1.96 bits per heavy atom. The molecule has 1 saturated heterocycles. The van der Waals surface area contributed by atoms with Crippen LogP contribution in [0.4, 0.5) is 0 Å². The van der Waals surface area contributed by atoms with Gasteiger partial charge < -0.3 is 0 Å². The van der Waals surface area contributed by atoms with Gasteiger partial charge in [-0.2, -0.15) is 0 Å². The number of likely N-dealkylation sites (tertiary alicyclic amines) is 1. The van der Waals surface area contributed by atoms with Gasteiger partial charge in [0, 0.05) is 42.9 Å². The van der Waals surface area contributed by atoms with E-state index in [9.17, 15) is 4.79 Å². The molecule has 0 spiro atoms. The third-order valence-corrected chi connectivity index (χ3v) is 6.45. The molecule has 0 saturated carbocycles. The quantitative estimate of drug-likeness (QED) is 0.706. The first-order valence-corrected chi connectivity index (χ1v) is 10.1. The lowest BCUT2D eigenvalue weighted by atomic mass is 10.0. The topological polar surface area (TPSA) is 51.0 Å². The Balaban J connectivity index is 1.53. The summed E-state index contributed by atoms with van der Waals surface area (Å²) in [6.07, 6.45) is 8.32. The summed E-state index contributed by atoms with van der Waals surface area (Å²) in [5.41, 5.74) is 2.61. The summed E-state index contributed by atoms with van der Waals surface area (Å²) >= 11 is 1.64. The van der Waals surface area contributed by atoms with Crippen molar-refractivity contribution in [3.05, 3.63) is 57.2 Å². The molecule has 1 aliphatic heterocycles. The zero-order chi connectivity index (χ0) is 18.1. The van der Waals surface area contributed by atoms with Gasteiger partial charge in [0.05, 0.1) is 11.7 Å². The highest BCUT2D eigenvalue weighted by Gasteiger charge is 2.23. The van der Waals surface area contributed by atoms with E-state index >= 15 is 0 Å².